The van der Waals surface area contributed by atoms with Gasteiger partial charge >= 0.3 is 0 Å². The monoisotopic (exact) mass is 294 g/mol. The molecule has 0 heterocycles. The van der Waals surface area contributed by atoms with E-state index in [1.165, 1.54) is 33.0 Å². The van der Waals surface area contributed by atoms with Crippen LogP contribution in [0.5, 0.6) is 0 Å². The molecule has 0 bridgehead atoms. The molecular weight excluding hydrogens is 276 g/mol. The van der Waals surface area contributed by atoms with Gasteiger partial charge in [-0.1, -0.05) is 97.1 Å². The molecule has 4 rings (SSSR count). The Morgan fingerprint density at radius 1 is 0.522 bits per heavy atom. The van der Waals surface area contributed by atoms with E-state index >= 15 is 0 Å². The first-order valence-corrected chi connectivity index (χ1v) is 8.02. The maximum Gasteiger partial charge on any atom is -0.00134 e. The highest BCUT2D eigenvalue weighted by molar-refractivity contribution is 5.92. The molecule has 0 heteroatoms. The summed E-state index contributed by atoms with van der Waals surface area (Å²) in [6, 6.07) is 34.5. The second-order valence-corrected chi connectivity index (χ2v) is 5.84. The molecule has 0 radical (unpaired) electrons. The summed E-state index contributed by atoms with van der Waals surface area (Å²) in [6.07, 6.45) is 0.951. The summed E-state index contributed by atoms with van der Waals surface area (Å²) >= 11 is 0. The molecule has 0 saturated carbocycles. The molecule has 4 aromatic carbocycles. The lowest BCUT2D eigenvalue weighted by Gasteiger charge is -2.14. The van der Waals surface area contributed by atoms with Crippen molar-refractivity contribution in [1.29, 1.82) is 0 Å². The molecule has 0 nitrogen and oxygen atoms in total. The van der Waals surface area contributed by atoms with Gasteiger partial charge in [-0.05, 0) is 39.4 Å². The van der Waals surface area contributed by atoms with Gasteiger partial charge in [-0.3, -0.25) is 0 Å². The Balaban J connectivity index is 1.94. The van der Waals surface area contributed by atoms with Gasteiger partial charge in [0.2, 0.25) is 0 Å². The maximum absolute atomic E-state index is 2.26. The highest BCUT2D eigenvalue weighted by Crippen LogP contribution is 2.32. The van der Waals surface area contributed by atoms with Crippen molar-refractivity contribution in [3.63, 3.8) is 0 Å². The van der Waals surface area contributed by atoms with Crippen molar-refractivity contribution < 1.29 is 0 Å². The second kappa shape index (κ2) is 6.10. The molecule has 0 atom stereocenters. The maximum atomic E-state index is 2.26. The van der Waals surface area contributed by atoms with Crippen LogP contribution in [0, 0.1) is 0 Å². The Bertz CT molecular complexity index is 922. The predicted octanol–water partition coefficient (Wildman–Crippen LogP) is 6.10. The molecule has 23 heavy (non-hydrogen) atoms. The zero-order valence-corrected chi connectivity index (χ0v) is 12.9. The van der Waals surface area contributed by atoms with E-state index in [0.29, 0.717) is 0 Å². The fourth-order valence-corrected chi connectivity index (χ4v) is 3.21. The van der Waals surface area contributed by atoms with Gasteiger partial charge in [0.15, 0.2) is 0 Å². The van der Waals surface area contributed by atoms with Crippen LogP contribution in [0.3, 0.4) is 0 Å². The zero-order chi connectivity index (χ0) is 15.5. The first kappa shape index (κ1) is 13.8. The van der Waals surface area contributed by atoms with Crippen molar-refractivity contribution in [3.8, 4) is 11.1 Å². The number of hydrogen-bond donors (Lipinski definition) is 0. The molecule has 0 spiro atoms. The standard InChI is InChI=1S/C23H18/c1-3-9-18(10-4-1)17-23-21-14-8-7-13-20(21)15-16-22(23)19-11-5-2-6-12-19/h1-16H,17H2. The van der Waals surface area contributed by atoms with Crippen LogP contribution in [0.15, 0.2) is 97.1 Å². The van der Waals surface area contributed by atoms with Gasteiger partial charge in [0.05, 0.1) is 0 Å². The van der Waals surface area contributed by atoms with Crippen LogP contribution in [0.1, 0.15) is 11.1 Å². The van der Waals surface area contributed by atoms with Crippen molar-refractivity contribution >= 4 is 10.8 Å². The minimum atomic E-state index is 0.951. The van der Waals surface area contributed by atoms with Crippen molar-refractivity contribution in [1.82, 2.24) is 0 Å². The lowest BCUT2D eigenvalue weighted by Crippen LogP contribution is -1.94. The molecule has 0 saturated heterocycles. The SMILES string of the molecule is c1ccc(Cc2c(-c3ccccc3)ccc3ccccc23)cc1. The van der Waals surface area contributed by atoms with Crippen LogP contribution in [-0.2, 0) is 6.42 Å². The average molecular weight is 294 g/mol. The number of benzene rings is 4. The lowest BCUT2D eigenvalue weighted by atomic mass is 9.90. The summed E-state index contributed by atoms with van der Waals surface area (Å²) in [5, 5.41) is 2.65. The highest BCUT2D eigenvalue weighted by Gasteiger charge is 2.10. The molecule has 110 valence electrons. The van der Waals surface area contributed by atoms with Crippen molar-refractivity contribution in [2.75, 3.05) is 0 Å². The van der Waals surface area contributed by atoms with E-state index in [9.17, 15) is 0 Å². The third-order valence-corrected chi connectivity index (χ3v) is 4.35. The van der Waals surface area contributed by atoms with Gasteiger partial charge in [0, 0.05) is 0 Å². The van der Waals surface area contributed by atoms with E-state index in [2.05, 4.69) is 97.1 Å². The Labute approximate surface area is 137 Å². The second-order valence-electron chi connectivity index (χ2n) is 5.84. The van der Waals surface area contributed by atoms with Gasteiger partial charge in [0.25, 0.3) is 0 Å². The summed E-state index contributed by atoms with van der Waals surface area (Å²) < 4.78 is 0. The van der Waals surface area contributed by atoms with Gasteiger partial charge in [-0.15, -0.1) is 0 Å². The van der Waals surface area contributed by atoms with Gasteiger partial charge in [-0.25, -0.2) is 0 Å². The third kappa shape index (κ3) is 2.76. The smallest absolute Gasteiger partial charge is 0.00134 e. The van der Waals surface area contributed by atoms with Crippen LogP contribution in [0.25, 0.3) is 21.9 Å². The van der Waals surface area contributed by atoms with E-state index in [-0.39, 0.29) is 0 Å². The van der Waals surface area contributed by atoms with Crippen molar-refractivity contribution in [3.05, 3.63) is 108 Å². The fraction of sp³-hybridized carbons (Fsp3) is 0.0435. The Kier molecular flexibility index (Phi) is 3.65. The lowest BCUT2D eigenvalue weighted by molar-refractivity contribution is 1.21. The summed E-state index contributed by atoms with van der Waals surface area (Å²) in [5.74, 6) is 0. The largest absolute Gasteiger partial charge is 0.0622 e. The van der Waals surface area contributed by atoms with E-state index in [1.54, 1.807) is 0 Å². The first-order valence-electron chi connectivity index (χ1n) is 8.02. The van der Waals surface area contributed by atoms with Crippen LogP contribution < -0.4 is 0 Å². The van der Waals surface area contributed by atoms with Crippen molar-refractivity contribution in [2.24, 2.45) is 0 Å². The normalized spacial score (nSPS) is 10.8. The van der Waals surface area contributed by atoms with Crippen LogP contribution in [0.2, 0.25) is 0 Å². The summed E-state index contributed by atoms with van der Waals surface area (Å²) in [4.78, 5) is 0. The third-order valence-electron chi connectivity index (χ3n) is 4.35. The number of fused-ring (bicyclic) bond motifs is 1. The molecule has 0 N–H and O–H groups in total. The van der Waals surface area contributed by atoms with Gasteiger partial charge in [-0.2, -0.15) is 0 Å². The summed E-state index contributed by atoms with van der Waals surface area (Å²) in [7, 11) is 0. The van der Waals surface area contributed by atoms with E-state index in [0.717, 1.165) is 6.42 Å². The van der Waals surface area contributed by atoms with Crippen LogP contribution in [-0.4, -0.2) is 0 Å². The molecule has 0 fully saturated rings. The number of hydrogen-bond acceptors (Lipinski definition) is 0. The Morgan fingerprint density at radius 2 is 1.17 bits per heavy atom. The summed E-state index contributed by atoms with van der Waals surface area (Å²) in [6.45, 7) is 0. The molecule has 0 amide bonds. The first-order chi connectivity index (χ1) is 11.4. The molecule has 0 aliphatic carbocycles. The molecule has 0 aromatic heterocycles. The van der Waals surface area contributed by atoms with Crippen LogP contribution in [0.4, 0.5) is 0 Å². The molecule has 0 aliphatic rings. The quantitative estimate of drug-likeness (QED) is 0.428. The van der Waals surface area contributed by atoms with Crippen LogP contribution >= 0.6 is 0 Å². The topological polar surface area (TPSA) is 0 Å². The fourth-order valence-electron chi connectivity index (χ4n) is 3.21. The van der Waals surface area contributed by atoms with Gasteiger partial charge < -0.3 is 0 Å². The number of rotatable bonds is 3. The van der Waals surface area contributed by atoms with Crippen molar-refractivity contribution in [2.45, 2.75) is 6.42 Å². The Hall–Kier alpha value is -2.86. The van der Waals surface area contributed by atoms with E-state index in [4.69, 9.17) is 0 Å². The minimum Gasteiger partial charge on any atom is -0.0622 e. The Morgan fingerprint density at radius 3 is 1.96 bits per heavy atom. The van der Waals surface area contributed by atoms with E-state index in [1.807, 2.05) is 0 Å². The predicted molar refractivity (Wildman–Crippen MR) is 98.6 cm³/mol. The average Bonchev–Trinajstić information content (AvgIpc) is 2.64. The zero-order valence-electron chi connectivity index (χ0n) is 12.9. The highest BCUT2D eigenvalue weighted by atomic mass is 14.1. The summed E-state index contributed by atoms with van der Waals surface area (Å²) in [5.41, 5.74) is 5.36. The minimum absolute atomic E-state index is 0.951. The van der Waals surface area contributed by atoms with Gasteiger partial charge in [0.1, 0.15) is 0 Å². The van der Waals surface area contributed by atoms with E-state index < -0.39 is 0 Å². The molecular formula is C23H18. The molecule has 0 unspecified atom stereocenters. The molecule has 0 aliphatic heterocycles. The molecule has 4 aromatic rings.